The summed E-state index contributed by atoms with van der Waals surface area (Å²) in [4.78, 5) is 16.0. The Kier molecular flexibility index (Phi) is 4.11. The Morgan fingerprint density at radius 1 is 1.09 bits per heavy atom. The number of nitrogens with zero attached hydrogens (tertiary/aromatic N) is 1. The van der Waals surface area contributed by atoms with E-state index in [1.807, 2.05) is 0 Å². The van der Waals surface area contributed by atoms with E-state index in [-0.39, 0.29) is 11.7 Å². The van der Waals surface area contributed by atoms with Crippen molar-refractivity contribution < 1.29 is 9.18 Å². The summed E-state index contributed by atoms with van der Waals surface area (Å²) in [7, 11) is 0. The number of rotatable bonds is 4. The number of carbonyl (C=O) groups is 1. The fraction of sp³-hybridized carbons (Fsp3) is 0. The smallest absolute Gasteiger partial charge is 0.257 e. The average Bonchev–Trinajstić information content (AvgIpc) is 3.03. The van der Waals surface area contributed by atoms with Gasteiger partial charge in [0.1, 0.15) is 5.82 Å². The van der Waals surface area contributed by atoms with E-state index in [2.05, 4.69) is 15.6 Å². The van der Waals surface area contributed by atoms with Gasteiger partial charge in [-0.15, -0.1) is 11.3 Å². The monoisotopic (exact) mass is 313 g/mol. The van der Waals surface area contributed by atoms with E-state index >= 15 is 0 Å². The Labute approximate surface area is 130 Å². The van der Waals surface area contributed by atoms with Gasteiger partial charge in [-0.05, 0) is 36.4 Å². The molecule has 110 valence electrons. The molecule has 0 fully saturated rings. The van der Waals surface area contributed by atoms with Gasteiger partial charge in [-0.3, -0.25) is 10.1 Å². The van der Waals surface area contributed by atoms with Crippen molar-refractivity contribution in [1.82, 2.24) is 4.98 Å². The summed E-state index contributed by atoms with van der Waals surface area (Å²) in [6.07, 6.45) is 1.63. The molecule has 0 aliphatic heterocycles. The van der Waals surface area contributed by atoms with Gasteiger partial charge in [0.05, 0.1) is 5.69 Å². The van der Waals surface area contributed by atoms with Crippen LogP contribution in [0.15, 0.2) is 60.1 Å². The number of carbonyl (C=O) groups excluding carboxylic acids is 1. The first kappa shape index (κ1) is 14.2. The van der Waals surface area contributed by atoms with Gasteiger partial charge in [0.15, 0.2) is 5.13 Å². The van der Waals surface area contributed by atoms with Gasteiger partial charge in [0, 0.05) is 22.8 Å². The number of aromatic nitrogens is 1. The molecule has 6 heteroatoms. The fourth-order valence-electron chi connectivity index (χ4n) is 1.88. The summed E-state index contributed by atoms with van der Waals surface area (Å²) in [5, 5.41) is 8.01. The van der Waals surface area contributed by atoms with Gasteiger partial charge in [-0.1, -0.05) is 12.1 Å². The Bertz CT molecular complexity index is 772. The molecular weight excluding hydrogens is 301 g/mol. The van der Waals surface area contributed by atoms with Crippen LogP contribution in [-0.4, -0.2) is 10.9 Å². The Hall–Kier alpha value is -2.73. The maximum absolute atomic E-state index is 13.6. The summed E-state index contributed by atoms with van der Waals surface area (Å²) in [6, 6.07) is 13.2. The molecule has 22 heavy (non-hydrogen) atoms. The highest BCUT2D eigenvalue weighted by molar-refractivity contribution is 7.13. The molecule has 3 aromatic rings. The fourth-order valence-corrected chi connectivity index (χ4v) is 2.40. The molecule has 2 aromatic carbocycles. The maximum Gasteiger partial charge on any atom is 0.257 e. The van der Waals surface area contributed by atoms with Crippen molar-refractivity contribution in [1.29, 1.82) is 0 Å². The third-order valence-electron chi connectivity index (χ3n) is 2.95. The van der Waals surface area contributed by atoms with Crippen molar-refractivity contribution >= 4 is 33.8 Å². The van der Waals surface area contributed by atoms with Crippen LogP contribution >= 0.6 is 11.3 Å². The van der Waals surface area contributed by atoms with E-state index in [0.29, 0.717) is 22.1 Å². The average molecular weight is 313 g/mol. The lowest BCUT2D eigenvalue weighted by Crippen LogP contribution is -2.11. The second kappa shape index (κ2) is 6.36. The predicted octanol–water partition coefficient (Wildman–Crippen LogP) is 4.28. The minimum Gasteiger partial charge on any atom is -0.353 e. The molecule has 0 saturated carbocycles. The normalized spacial score (nSPS) is 10.2. The standard InChI is InChI=1S/C16H12FN3OS/c17-13-3-1-2-4-14(13)19-12-7-5-11(6-8-12)15(21)20-16-18-9-10-22-16/h1-10,19H,(H,18,20,21). The lowest BCUT2D eigenvalue weighted by Gasteiger charge is -2.08. The van der Waals surface area contributed by atoms with Crippen LogP contribution in [0.4, 0.5) is 20.9 Å². The lowest BCUT2D eigenvalue weighted by atomic mass is 10.2. The number of amides is 1. The van der Waals surface area contributed by atoms with Crippen molar-refractivity contribution in [3.8, 4) is 0 Å². The summed E-state index contributed by atoms with van der Waals surface area (Å²) in [6.45, 7) is 0. The predicted molar refractivity (Wildman–Crippen MR) is 86.2 cm³/mol. The van der Waals surface area contributed by atoms with Crippen LogP contribution in [0.3, 0.4) is 0 Å². The van der Waals surface area contributed by atoms with Gasteiger partial charge in [-0.25, -0.2) is 9.37 Å². The number of halogens is 1. The van der Waals surface area contributed by atoms with E-state index in [9.17, 15) is 9.18 Å². The molecule has 0 spiro atoms. The highest BCUT2D eigenvalue weighted by Gasteiger charge is 2.08. The van der Waals surface area contributed by atoms with Crippen LogP contribution in [-0.2, 0) is 0 Å². The first-order chi connectivity index (χ1) is 10.7. The summed E-state index contributed by atoms with van der Waals surface area (Å²) in [5.41, 5.74) is 1.60. The molecule has 2 N–H and O–H groups in total. The van der Waals surface area contributed by atoms with Gasteiger partial charge >= 0.3 is 0 Å². The zero-order chi connectivity index (χ0) is 15.4. The van der Waals surface area contributed by atoms with E-state index in [0.717, 1.165) is 0 Å². The Morgan fingerprint density at radius 3 is 2.55 bits per heavy atom. The quantitative estimate of drug-likeness (QED) is 0.756. The summed E-state index contributed by atoms with van der Waals surface area (Å²) >= 11 is 1.36. The minimum atomic E-state index is -0.326. The molecule has 0 aliphatic rings. The Morgan fingerprint density at radius 2 is 1.86 bits per heavy atom. The van der Waals surface area contributed by atoms with Crippen LogP contribution in [0.1, 0.15) is 10.4 Å². The summed E-state index contributed by atoms with van der Waals surface area (Å²) < 4.78 is 13.6. The molecule has 4 nitrogen and oxygen atoms in total. The molecular formula is C16H12FN3OS. The van der Waals surface area contributed by atoms with E-state index < -0.39 is 0 Å². The van der Waals surface area contributed by atoms with Gasteiger partial charge < -0.3 is 5.32 Å². The van der Waals surface area contributed by atoms with Crippen molar-refractivity contribution in [2.45, 2.75) is 0 Å². The molecule has 3 rings (SSSR count). The van der Waals surface area contributed by atoms with Gasteiger partial charge in [-0.2, -0.15) is 0 Å². The second-order valence-corrected chi connectivity index (χ2v) is 5.37. The zero-order valence-corrected chi connectivity index (χ0v) is 12.2. The van der Waals surface area contributed by atoms with Gasteiger partial charge in [0.25, 0.3) is 5.91 Å². The first-order valence-corrected chi connectivity index (χ1v) is 7.43. The summed E-state index contributed by atoms with van der Waals surface area (Å²) in [5.74, 6) is -0.555. The second-order valence-electron chi connectivity index (χ2n) is 4.47. The molecule has 1 amide bonds. The van der Waals surface area contributed by atoms with E-state index in [4.69, 9.17) is 0 Å². The number of nitrogens with one attached hydrogen (secondary N) is 2. The topological polar surface area (TPSA) is 54.0 Å². The van der Waals surface area contributed by atoms with Gasteiger partial charge in [0.2, 0.25) is 0 Å². The van der Waals surface area contributed by atoms with Crippen molar-refractivity contribution in [3.05, 3.63) is 71.5 Å². The zero-order valence-electron chi connectivity index (χ0n) is 11.4. The number of hydrogen-bond donors (Lipinski definition) is 2. The molecule has 0 aliphatic carbocycles. The lowest BCUT2D eigenvalue weighted by molar-refractivity contribution is 0.102. The molecule has 1 aromatic heterocycles. The molecule has 0 bridgehead atoms. The molecule has 0 saturated heterocycles. The largest absolute Gasteiger partial charge is 0.353 e. The maximum atomic E-state index is 13.6. The number of thiazole rings is 1. The highest BCUT2D eigenvalue weighted by atomic mass is 32.1. The Balaban J connectivity index is 1.70. The molecule has 0 unspecified atom stereocenters. The van der Waals surface area contributed by atoms with E-state index in [1.54, 1.807) is 54.0 Å². The highest BCUT2D eigenvalue weighted by Crippen LogP contribution is 2.20. The van der Waals surface area contributed by atoms with Crippen LogP contribution in [0.5, 0.6) is 0 Å². The third kappa shape index (κ3) is 3.29. The minimum absolute atomic E-state index is 0.229. The SMILES string of the molecule is O=C(Nc1nccs1)c1ccc(Nc2ccccc2F)cc1. The van der Waals surface area contributed by atoms with Crippen LogP contribution in [0, 0.1) is 5.82 Å². The molecule has 1 heterocycles. The first-order valence-electron chi connectivity index (χ1n) is 6.55. The number of hydrogen-bond acceptors (Lipinski definition) is 4. The molecule has 0 atom stereocenters. The van der Waals surface area contributed by atoms with Crippen LogP contribution in [0.2, 0.25) is 0 Å². The number of benzene rings is 2. The van der Waals surface area contributed by atoms with Crippen molar-refractivity contribution in [2.75, 3.05) is 10.6 Å². The van der Waals surface area contributed by atoms with E-state index in [1.165, 1.54) is 17.4 Å². The number of anilines is 3. The third-order valence-corrected chi connectivity index (χ3v) is 3.64. The van der Waals surface area contributed by atoms with Crippen molar-refractivity contribution in [3.63, 3.8) is 0 Å². The van der Waals surface area contributed by atoms with Crippen LogP contribution in [0.25, 0.3) is 0 Å². The number of para-hydroxylation sites is 1. The van der Waals surface area contributed by atoms with Crippen LogP contribution < -0.4 is 10.6 Å². The van der Waals surface area contributed by atoms with Crippen molar-refractivity contribution in [2.24, 2.45) is 0 Å². The molecule has 0 radical (unpaired) electrons.